The van der Waals surface area contributed by atoms with Crippen molar-refractivity contribution in [1.29, 1.82) is 0 Å². The van der Waals surface area contributed by atoms with E-state index in [9.17, 15) is 8.78 Å². The fourth-order valence-corrected chi connectivity index (χ4v) is 1.62. The summed E-state index contributed by atoms with van der Waals surface area (Å²) in [5.74, 6) is -1.15. The maximum atomic E-state index is 12.8. The van der Waals surface area contributed by atoms with Crippen LogP contribution in [0.15, 0.2) is 12.1 Å². The van der Waals surface area contributed by atoms with Gasteiger partial charge in [-0.1, -0.05) is 0 Å². The van der Waals surface area contributed by atoms with Crippen LogP contribution in [0, 0.1) is 17.7 Å². The average molecular weight is 182 g/mol. The fraction of sp³-hybridized carbons (Fsp3) is 0.400. The van der Waals surface area contributed by atoms with Gasteiger partial charge in [-0.2, -0.15) is 0 Å². The van der Waals surface area contributed by atoms with Gasteiger partial charge >= 0.3 is 0 Å². The predicted octanol–water partition coefficient (Wildman–Crippen LogP) is 2.37. The van der Waals surface area contributed by atoms with E-state index in [0.29, 0.717) is 5.69 Å². The zero-order chi connectivity index (χ0) is 9.26. The minimum absolute atomic E-state index is 0.529. The molecule has 1 aromatic carbocycles. The Hall–Kier alpha value is -1.12. The summed E-state index contributed by atoms with van der Waals surface area (Å²) in [7, 11) is 0. The average Bonchev–Trinajstić information content (AvgIpc) is 2.53. The van der Waals surface area contributed by atoms with E-state index in [-0.39, 0.29) is 0 Å². The molecule has 0 aromatic heterocycles. The maximum absolute atomic E-state index is 12.8. The number of hydrogen-bond donors (Lipinski definition) is 0. The third-order valence-corrected chi connectivity index (χ3v) is 2.23. The second-order valence-electron chi connectivity index (χ2n) is 3.23. The van der Waals surface area contributed by atoms with Crippen LogP contribution in [-0.4, -0.2) is 13.1 Å². The molecule has 1 aliphatic rings. The van der Waals surface area contributed by atoms with E-state index < -0.39 is 11.6 Å². The van der Waals surface area contributed by atoms with E-state index in [1.54, 1.807) is 0 Å². The van der Waals surface area contributed by atoms with Gasteiger partial charge in [-0.3, -0.25) is 0 Å². The van der Waals surface area contributed by atoms with Gasteiger partial charge in [0.25, 0.3) is 0 Å². The number of nitrogens with zero attached hydrogens (tertiary/aromatic N) is 1. The van der Waals surface area contributed by atoms with Crippen molar-refractivity contribution in [3.05, 3.63) is 29.8 Å². The van der Waals surface area contributed by atoms with Crippen LogP contribution in [0.3, 0.4) is 0 Å². The first-order valence-corrected chi connectivity index (χ1v) is 4.39. The molecule has 69 valence electrons. The van der Waals surface area contributed by atoms with Crippen molar-refractivity contribution in [1.82, 2.24) is 0 Å². The van der Waals surface area contributed by atoms with Gasteiger partial charge in [0.15, 0.2) is 0 Å². The Kier molecular flexibility index (Phi) is 2.17. The largest absolute Gasteiger partial charge is 0.371 e. The molecular formula is C10H10F2N. The van der Waals surface area contributed by atoms with E-state index >= 15 is 0 Å². The quantitative estimate of drug-likeness (QED) is 0.644. The molecule has 0 aliphatic carbocycles. The summed E-state index contributed by atoms with van der Waals surface area (Å²) in [5, 5.41) is 0. The number of halogens is 2. The monoisotopic (exact) mass is 182 g/mol. The van der Waals surface area contributed by atoms with E-state index in [1.165, 1.54) is 6.07 Å². The summed E-state index contributed by atoms with van der Waals surface area (Å²) >= 11 is 0. The predicted molar refractivity (Wildman–Crippen MR) is 46.6 cm³/mol. The Morgan fingerprint density at radius 1 is 1.15 bits per heavy atom. The van der Waals surface area contributed by atoms with Crippen molar-refractivity contribution in [3.63, 3.8) is 0 Å². The first-order valence-electron chi connectivity index (χ1n) is 4.39. The summed E-state index contributed by atoms with van der Waals surface area (Å²) in [6.45, 7) is 1.75. The van der Waals surface area contributed by atoms with Gasteiger partial charge in [-0.15, -0.1) is 0 Å². The van der Waals surface area contributed by atoms with Gasteiger partial charge in [0.1, 0.15) is 11.6 Å². The molecule has 1 fully saturated rings. The Balaban J connectivity index is 2.28. The first kappa shape index (κ1) is 8.48. The molecule has 0 unspecified atom stereocenters. The molecule has 1 aliphatic heterocycles. The highest BCUT2D eigenvalue weighted by Gasteiger charge is 2.13. The van der Waals surface area contributed by atoms with Crippen molar-refractivity contribution in [2.75, 3.05) is 18.0 Å². The maximum Gasteiger partial charge on any atom is 0.136 e. The third kappa shape index (κ3) is 1.79. The Morgan fingerprint density at radius 3 is 2.46 bits per heavy atom. The number of benzene rings is 1. The molecule has 0 amide bonds. The third-order valence-electron chi connectivity index (χ3n) is 2.23. The lowest BCUT2D eigenvalue weighted by atomic mass is 10.3. The Labute approximate surface area is 76.0 Å². The molecule has 2 rings (SSSR count). The highest BCUT2D eigenvalue weighted by atomic mass is 19.1. The minimum atomic E-state index is -0.623. The molecule has 1 radical (unpaired) electrons. The van der Waals surface area contributed by atoms with Crippen molar-refractivity contribution in [2.45, 2.75) is 12.8 Å². The molecule has 0 atom stereocenters. The van der Waals surface area contributed by atoms with Crippen LogP contribution in [0.25, 0.3) is 0 Å². The highest BCUT2D eigenvalue weighted by molar-refractivity contribution is 5.46. The zero-order valence-electron chi connectivity index (χ0n) is 7.19. The van der Waals surface area contributed by atoms with E-state index in [0.717, 1.165) is 32.0 Å². The van der Waals surface area contributed by atoms with Crippen molar-refractivity contribution in [3.8, 4) is 0 Å². The highest BCUT2D eigenvalue weighted by Crippen LogP contribution is 2.21. The minimum Gasteiger partial charge on any atom is -0.371 e. The van der Waals surface area contributed by atoms with Gasteiger partial charge in [0.05, 0.1) is 5.69 Å². The summed E-state index contributed by atoms with van der Waals surface area (Å²) in [4.78, 5) is 1.95. The topological polar surface area (TPSA) is 3.24 Å². The van der Waals surface area contributed by atoms with Crippen molar-refractivity contribution >= 4 is 5.69 Å². The van der Waals surface area contributed by atoms with Crippen LogP contribution in [-0.2, 0) is 0 Å². The molecule has 0 saturated carbocycles. The van der Waals surface area contributed by atoms with Gasteiger partial charge in [-0.05, 0) is 18.9 Å². The van der Waals surface area contributed by atoms with Crippen LogP contribution in [0.2, 0.25) is 0 Å². The lowest BCUT2D eigenvalue weighted by Gasteiger charge is -2.16. The molecule has 0 N–H and O–H groups in total. The standard InChI is InChI=1S/C10H10F2N/c11-8-5-9(12)7-10(6-8)13-3-1-2-4-13/h5-6H,1-4H2. The normalized spacial score (nSPS) is 16.6. The second-order valence-corrected chi connectivity index (χ2v) is 3.23. The first-order chi connectivity index (χ1) is 6.25. The van der Waals surface area contributed by atoms with Crippen LogP contribution < -0.4 is 4.90 Å². The fourth-order valence-electron chi connectivity index (χ4n) is 1.62. The molecule has 13 heavy (non-hydrogen) atoms. The zero-order valence-corrected chi connectivity index (χ0v) is 7.19. The molecule has 1 heterocycles. The summed E-state index contributed by atoms with van der Waals surface area (Å²) < 4.78 is 25.6. The van der Waals surface area contributed by atoms with Gasteiger partial charge in [-0.25, -0.2) is 8.78 Å². The molecular weight excluding hydrogens is 172 g/mol. The van der Waals surface area contributed by atoms with Crippen LogP contribution in [0.4, 0.5) is 14.5 Å². The second kappa shape index (κ2) is 3.32. The molecule has 3 heteroatoms. The number of rotatable bonds is 1. The van der Waals surface area contributed by atoms with Crippen molar-refractivity contribution < 1.29 is 8.78 Å². The smallest absolute Gasteiger partial charge is 0.136 e. The molecule has 1 saturated heterocycles. The summed E-state index contributed by atoms with van der Waals surface area (Å²) in [5.41, 5.74) is 0.537. The molecule has 0 spiro atoms. The molecule has 1 aromatic rings. The van der Waals surface area contributed by atoms with Crippen LogP contribution in [0.1, 0.15) is 12.8 Å². The van der Waals surface area contributed by atoms with E-state index in [2.05, 4.69) is 6.07 Å². The van der Waals surface area contributed by atoms with Crippen molar-refractivity contribution in [2.24, 2.45) is 0 Å². The van der Waals surface area contributed by atoms with Gasteiger partial charge < -0.3 is 4.90 Å². The van der Waals surface area contributed by atoms with Crippen LogP contribution >= 0.6 is 0 Å². The number of hydrogen-bond acceptors (Lipinski definition) is 1. The number of anilines is 1. The molecule has 0 bridgehead atoms. The Bertz CT molecular complexity index is 286. The lowest BCUT2D eigenvalue weighted by Crippen LogP contribution is -2.17. The lowest BCUT2D eigenvalue weighted by molar-refractivity contribution is 0.581. The van der Waals surface area contributed by atoms with Crippen LogP contribution in [0.5, 0.6) is 0 Å². The summed E-state index contributed by atoms with van der Waals surface area (Å²) in [6, 6.07) is 4.68. The molecule has 1 nitrogen and oxygen atoms in total. The Morgan fingerprint density at radius 2 is 1.85 bits per heavy atom. The van der Waals surface area contributed by atoms with Gasteiger partial charge in [0, 0.05) is 25.2 Å². The van der Waals surface area contributed by atoms with E-state index in [1.807, 2.05) is 4.90 Å². The van der Waals surface area contributed by atoms with E-state index in [4.69, 9.17) is 0 Å². The van der Waals surface area contributed by atoms with Gasteiger partial charge in [0.2, 0.25) is 0 Å². The summed E-state index contributed by atoms with van der Waals surface area (Å²) in [6.07, 6.45) is 2.18. The SMILES string of the molecule is Fc1[c]c(N2CCCC2)cc(F)c1.